The molecule has 0 saturated heterocycles. The van der Waals surface area contributed by atoms with Gasteiger partial charge in [-0.3, -0.25) is 9.59 Å². The van der Waals surface area contributed by atoms with Crippen LogP contribution in [0.25, 0.3) is 0 Å². The van der Waals surface area contributed by atoms with E-state index in [1.165, 1.54) is 0 Å². The Morgan fingerprint density at radius 1 is 1.56 bits per heavy atom. The van der Waals surface area contributed by atoms with Crippen LogP contribution in [0.2, 0.25) is 0 Å². The number of nitrogens with one attached hydrogen (secondary N) is 1. The first-order valence-corrected chi connectivity index (χ1v) is 6.14. The number of benzene rings is 1. The zero-order valence-electron chi connectivity index (χ0n) is 8.92. The van der Waals surface area contributed by atoms with E-state index >= 15 is 0 Å². The fraction of sp³-hybridized carbons (Fsp3) is 0.333. The standard InChI is InChI=1S/C12H12BrNO2/c1-2-9(13)12(16)7-3-4-10-8(5-7)6-11(15)14-10/h3-5,9H,2,6H2,1H3,(H,14,15). The maximum absolute atomic E-state index is 11.9. The van der Waals surface area contributed by atoms with Gasteiger partial charge in [0.2, 0.25) is 5.91 Å². The molecular formula is C12H12BrNO2. The number of carbonyl (C=O) groups is 2. The largest absolute Gasteiger partial charge is 0.326 e. The molecule has 2 rings (SSSR count). The summed E-state index contributed by atoms with van der Waals surface area (Å²) >= 11 is 3.34. The number of halogens is 1. The van der Waals surface area contributed by atoms with Crippen LogP contribution in [-0.2, 0) is 11.2 Å². The number of ketones is 1. The topological polar surface area (TPSA) is 46.2 Å². The molecule has 1 aromatic carbocycles. The van der Waals surface area contributed by atoms with E-state index in [-0.39, 0.29) is 16.5 Å². The minimum absolute atomic E-state index is 0.00881. The van der Waals surface area contributed by atoms with Gasteiger partial charge in [0.25, 0.3) is 0 Å². The number of anilines is 1. The van der Waals surface area contributed by atoms with Crippen molar-refractivity contribution in [1.29, 1.82) is 0 Å². The number of fused-ring (bicyclic) bond motifs is 1. The molecule has 1 heterocycles. The van der Waals surface area contributed by atoms with Gasteiger partial charge in [-0.25, -0.2) is 0 Å². The lowest BCUT2D eigenvalue weighted by Crippen LogP contribution is -2.13. The van der Waals surface area contributed by atoms with E-state index in [2.05, 4.69) is 21.2 Å². The van der Waals surface area contributed by atoms with Crippen LogP contribution in [0.5, 0.6) is 0 Å². The van der Waals surface area contributed by atoms with Gasteiger partial charge in [0.05, 0.1) is 11.2 Å². The van der Waals surface area contributed by atoms with E-state index < -0.39 is 0 Å². The Bertz CT molecular complexity index is 456. The van der Waals surface area contributed by atoms with Gasteiger partial charge >= 0.3 is 0 Å². The van der Waals surface area contributed by atoms with Gasteiger partial charge < -0.3 is 5.32 Å². The highest BCUT2D eigenvalue weighted by Crippen LogP contribution is 2.25. The number of amides is 1. The van der Waals surface area contributed by atoms with Gasteiger partial charge in [-0.05, 0) is 30.2 Å². The maximum atomic E-state index is 11.9. The summed E-state index contributed by atoms with van der Waals surface area (Å²) in [7, 11) is 0. The minimum Gasteiger partial charge on any atom is -0.326 e. The van der Waals surface area contributed by atoms with Crippen molar-refractivity contribution < 1.29 is 9.59 Å². The number of rotatable bonds is 3. The van der Waals surface area contributed by atoms with E-state index in [9.17, 15) is 9.59 Å². The minimum atomic E-state index is -0.143. The van der Waals surface area contributed by atoms with Gasteiger partial charge in [0, 0.05) is 11.3 Å². The number of hydrogen-bond acceptors (Lipinski definition) is 2. The normalized spacial score (nSPS) is 15.5. The van der Waals surface area contributed by atoms with Crippen LogP contribution in [0.3, 0.4) is 0 Å². The Hall–Kier alpha value is -1.16. The molecule has 0 aliphatic carbocycles. The Labute approximate surface area is 102 Å². The molecule has 1 amide bonds. The Morgan fingerprint density at radius 3 is 3.00 bits per heavy atom. The fourth-order valence-corrected chi connectivity index (χ4v) is 2.01. The summed E-state index contributed by atoms with van der Waals surface area (Å²) < 4.78 is 0. The highest BCUT2D eigenvalue weighted by Gasteiger charge is 2.21. The van der Waals surface area contributed by atoms with E-state index in [4.69, 9.17) is 0 Å². The third-order valence-corrected chi connectivity index (χ3v) is 3.72. The predicted molar refractivity (Wildman–Crippen MR) is 66.1 cm³/mol. The summed E-state index contributed by atoms with van der Waals surface area (Å²) in [6.07, 6.45) is 1.13. The second kappa shape index (κ2) is 4.37. The molecule has 0 fully saturated rings. The predicted octanol–water partition coefficient (Wildman–Crippen LogP) is 2.54. The van der Waals surface area contributed by atoms with E-state index in [0.29, 0.717) is 12.0 Å². The lowest BCUT2D eigenvalue weighted by atomic mass is 10.0. The Balaban J connectivity index is 2.29. The van der Waals surface area contributed by atoms with Crippen molar-refractivity contribution in [3.8, 4) is 0 Å². The SMILES string of the molecule is CCC(Br)C(=O)c1ccc2c(c1)CC(=O)N2. The van der Waals surface area contributed by atoms with Gasteiger partial charge in [-0.2, -0.15) is 0 Å². The summed E-state index contributed by atoms with van der Waals surface area (Å²) in [6.45, 7) is 1.95. The van der Waals surface area contributed by atoms with Crippen LogP contribution < -0.4 is 5.32 Å². The monoisotopic (exact) mass is 281 g/mol. The first kappa shape index (κ1) is 11.3. The third-order valence-electron chi connectivity index (χ3n) is 2.66. The molecule has 4 heteroatoms. The third kappa shape index (κ3) is 2.02. The average Bonchev–Trinajstić information content (AvgIpc) is 2.65. The van der Waals surface area contributed by atoms with Gasteiger partial charge in [-0.15, -0.1) is 0 Å². The highest BCUT2D eigenvalue weighted by atomic mass is 79.9. The van der Waals surface area contributed by atoms with Crippen LogP contribution in [0.15, 0.2) is 18.2 Å². The smallest absolute Gasteiger partial charge is 0.228 e. The molecule has 1 N–H and O–H groups in total. The van der Waals surface area contributed by atoms with Crippen LogP contribution in [0.1, 0.15) is 29.3 Å². The molecule has 3 nitrogen and oxygen atoms in total. The van der Waals surface area contributed by atoms with Crippen molar-refractivity contribution in [2.45, 2.75) is 24.6 Å². The molecule has 0 aromatic heterocycles. The van der Waals surface area contributed by atoms with E-state index in [1.807, 2.05) is 6.92 Å². The second-order valence-electron chi connectivity index (χ2n) is 3.84. The summed E-state index contributed by atoms with van der Waals surface area (Å²) in [6, 6.07) is 5.36. The van der Waals surface area contributed by atoms with Crippen molar-refractivity contribution in [1.82, 2.24) is 0 Å². The molecule has 1 unspecified atom stereocenters. The molecule has 1 aliphatic heterocycles. The van der Waals surface area contributed by atoms with Crippen LogP contribution >= 0.6 is 15.9 Å². The van der Waals surface area contributed by atoms with Crippen LogP contribution in [0.4, 0.5) is 5.69 Å². The van der Waals surface area contributed by atoms with Crippen molar-refractivity contribution in [3.63, 3.8) is 0 Å². The number of carbonyl (C=O) groups excluding carboxylic acids is 2. The van der Waals surface area contributed by atoms with E-state index in [0.717, 1.165) is 17.7 Å². The zero-order valence-corrected chi connectivity index (χ0v) is 10.5. The zero-order chi connectivity index (χ0) is 11.7. The van der Waals surface area contributed by atoms with Gasteiger partial charge in [-0.1, -0.05) is 22.9 Å². The summed E-state index contributed by atoms with van der Waals surface area (Å²) in [5, 5.41) is 2.74. The van der Waals surface area contributed by atoms with Gasteiger partial charge in [0.15, 0.2) is 5.78 Å². The lowest BCUT2D eigenvalue weighted by Gasteiger charge is -2.07. The van der Waals surface area contributed by atoms with Crippen LogP contribution in [0, 0.1) is 0 Å². The van der Waals surface area contributed by atoms with Crippen molar-refractivity contribution in [2.75, 3.05) is 5.32 Å². The van der Waals surface area contributed by atoms with Crippen molar-refractivity contribution in [2.24, 2.45) is 0 Å². The molecule has 0 radical (unpaired) electrons. The highest BCUT2D eigenvalue weighted by molar-refractivity contribution is 9.10. The second-order valence-corrected chi connectivity index (χ2v) is 4.94. The van der Waals surface area contributed by atoms with Gasteiger partial charge in [0.1, 0.15) is 0 Å². The Morgan fingerprint density at radius 2 is 2.31 bits per heavy atom. The van der Waals surface area contributed by atoms with Crippen molar-refractivity contribution in [3.05, 3.63) is 29.3 Å². The van der Waals surface area contributed by atoms with Crippen molar-refractivity contribution >= 4 is 33.3 Å². The van der Waals surface area contributed by atoms with Crippen LogP contribution in [-0.4, -0.2) is 16.5 Å². The molecule has 84 valence electrons. The summed E-state index contributed by atoms with van der Waals surface area (Å²) in [5.41, 5.74) is 2.40. The fourth-order valence-electron chi connectivity index (χ4n) is 1.75. The average molecular weight is 282 g/mol. The molecule has 0 spiro atoms. The molecule has 1 aromatic rings. The molecule has 16 heavy (non-hydrogen) atoms. The molecular weight excluding hydrogens is 270 g/mol. The molecule has 1 atom stereocenters. The molecule has 1 aliphatic rings. The number of hydrogen-bond donors (Lipinski definition) is 1. The first-order chi connectivity index (χ1) is 7.61. The quantitative estimate of drug-likeness (QED) is 0.684. The molecule has 0 bridgehead atoms. The van der Waals surface area contributed by atoms with E-state index in [1.54, 1.807) is 18.2 Å². The summed E-state index contributed by atoms with van der Waals surface area (Å²) in [5.74, 6) is 0.0649. The number of alkyl halides is 1. The number of Topliss-reactive ketones (excluding diaryl/α,β-unsaturated/α-hetero) is 1. The first-order valence-electron chi connectivity index (χ1n) is 5.23. The maximum Gasteiger partial charge on any atom is 0.228 e. The Kier molecular flexibility index (Phi) is 3.10. The lowest BCUT2D eigenvalue weighted by molar-refractivity contribution is -0.115. The summed E-state index contributed by atoms with van der Waals surface area (Å²) in [4.78, 5) is 22.9. The molecule has 0 saturated carbocycles.